The average molecular weight is 293 g/mol. The predicted molar refractivity (Wildman–Crippen MR) is 87.1 cm³/mol. The molecular formula is C18H19N3O. The third kappa shape index (κ3) is 3.01. The molecule has 0 spiro atoms. The molecule has 4 heteroatoms. The second-order valence-corrected chi connectivity index (χ2v) is 5.50. The van der Waals surface area contributed by atoms with Crippen LogP contribution < -0.4 is 5.32 Å². The molecule has 0 fully saturated rings. The van der Waals surface area contributed by atoms with Crippen molar-refractivity contribution in [2.45, 2.75) is 20.3 Å². The second-order valence-electron chi connectivity index (χ2n) is 5.50. The van der Waals surface area contributed by atoms with E-state index in [-0.39, 0.29) is 5.91 Å². The lowest BCUT2D eigenvalue weighted by Crippen LogP contribution is -2.25. The van der Waals surface area contributed by atoms with E-state index >= 15 is 0 Å². The maximum Gasteiger partial charge on any atom is 0.251 e. The van der Waals surface area contributed by atoms with Gasteiger partial charge < -0.3 is 9.72 Å². The minimum atomic E-state index is -0.0353. The van der Waals surface area contributed by atoms with Crippen molar-refractivity contribution in [3.8, 4) is 0 Å². The Bertz CT molecular complexity index is 787. The fraction of sp³-hybridized carbons (Fsp3) is 0.222. The number of amides is 1. The molecule has 0 radical (unpaired) electrons. The van der Waals surface area contributed by atoms with Crippen LogP contribution in [0.5, 0.6) is 0 Å². The minimum Gasteiger partial charge on any atom is -0.352 e. The van der Waals surface area contributed by atoms with E-state index in [0.717, 1.165) is 23.3 Å². The topological polar surface area (TPSA) is 46.4 Å². The number of carbonyl (C=O) groups excluding carboxylic acids is 1. The number of hydrogen-bond donors (Lipinski definition) is 1. The van der Waals surface area contributed by atoms with E-state index in [9.17, 15) is 4.79 Å². The zero-order valence-corrected chi connectivity index (χ0v) is 12.8. The maximum absolute atomic E-state index is 12.1. The summed E-state index contributed by atoms with van der Waals surface area (Å²) in [5.74, 6) is -0.0353. The molecule has 1 aromatic carbocycles. The molecule has 0 saturated carbocycles. The summed E-state index contributed by atoms with van der Waals surface area (Å²) in [7, 11) is 0. The third-order valence-electron chi connectivity index (χ3n) is 3.85. The van der Waals surface area contributed by atoms with Crippen molar-refractivity contribution in [2.24, 2.45) is 0 Å². The van der Waals surface area contributed by atoms with Crippen LogP contribution in [0.4, 0.5) is 0 Å². The van der Waals surface area contributed by atoms with Crippen LogP contribution in [0.1, 0.15) is 27.2 Å². The number of nitrogens with one attached hydrogen (secondary N) is 1. The van der Waals surface area contributed by atoms with Crippen LogP contribution in [-0.4, -0.2) is 21.8 Å². The Morgan fingerprint density at radius 2 is 2.05 bits per heavy atom. The third-order valence-corrected chi connectivity index (χ3v) is 3.85. The first-order chi connectivity index (χ1) is 10.6. The van der Waals surface area contributed by atoms with Crippen LogP contribution in [0.2, 0.25) is 0 Å². The lowest BCUT2D eigenvalue weighted by atomic mass is 10.1. The lowest BCUT2D eigenvalue weighted by molar-refractivity contribution is 0.0954. The van der Waals surface area contributed by atoms with Gasteiger partial charge in [0.1, 0.15) is 5.65 Å². The predicted octanol–water partition coefficient (Wildman–Crippen LogP) is 2.92. The number of pyridine rings is 1. The molecule has 3 rings (SSSR count). The highest BCUT2D eigenvalue weighted by Gasteiger charge is 2.07. The molecule has 0 aliphatic heterocycles. The monoisotopic (exact) mass is 293 g/mol. The summed E-state index contributed by atoms with van der Waals surface area (Å²) in [6.07, 6.45) is 4.69. The van der Waals surface area contributed by atoms with Crippen molar-refractivity contribution < 1.29 is 4.79 Å². The van der Waals surface area contributed by atoms with Gasteiger partial charge in [-0.15, -0.1) is 0 Å². The zero-order chi connectivity index (χ0) is 15.5. The number of nitrogens with zero attached hydrogens (tertiary/aromatic N) is 2. The normalized spacial score (nSPS) is 10.8. The lowest BCUT2D eigenvalue weighted by Gasteiger charge is -2.06. The number of hydrogen-bond acceptors (Lipinski definition) is 2. The van der Waals surface area contributed by atoms with Crippen molar-refractivity contribution in [3.05, 3.63) is 71.2 Å². The first-order valence-electron chi connectivity index (χ1n) is 7.41. The quantitative estimate of drug-likeness (QED) is 0.804. The molecule has 0 saturated heterocycles. The van der Waals surface area contributed by atoms with E-state index in [1.807, 2.05) is 67.0 Å². The molecule has 0 aliphatic rings. The molecule has 2 aromatic heterocycles. The summed E-state index contributed by atoms with van der Waals surface area (Å²) >= 11 is 0. The van der Waals surface area contributed by atoms with E-state index in [2.05, 4.69) is 10.3 Å². The van der Waals surface area contributed by atoms with Gasteiger partial charge in [-0.2, -0.15) is 0 Å². The molecule has 112 valence electrons. The largest absolute Gasteiger partial charge is 0.352 e. The van der Waals surface area contributed by atoms with E-state index < -0.39 is 0 Å². The van der Waals surface area contributed by atoms with Crippen LogP contribution in [0.25, 0.3) is 5.65 Å². The van der Waals surface area contributed by atoms with Gasteiger partial charge in [0, 0.05) is 30.9 Å². The first kappa shape index (κ1) is 14.3. The Labute approximate surface area is 129 Å². The molecule has 0 bridgehead atoms. The molecule has 0 unspecified atom stereocenters. The number of carbonyl (C=O) groups is 1. The highest BCUT2D eigenvalue weighted by Crippen LogP contribution is 2.10. The molecule has 22 heavy (non-hydrogen) atoms. The van der Waals surface area contributed by atoms with Crippen molar-refractivity contribution in [1.82, 2.24) is 14.7 Å². The number of aromatic nitrogens is 2. The summed E-state index contributed by atoms with van der Waals surface area (Å²) < 4.78 is 1.99. The number of aryl methyl sites for hydroxylation is 2. The van der Waals surface area contributed by atoms with Gasteiger partial charge in [0.15, 0.2) is 0 Å². The smallest absolute Gasteiger partial charge is 0.251 e. The van der Waals surface area contributed by atoms with Gasteiger partial charge in [-0.25, -0.2) is 4.98 Å². The Hall–Kier alpha value is -2.62. The van der Waals surface area contributed by atoms with E-state index in [1.165, 1.54) is 5.56 Å². The van der Waals surface area contributed by atoms with Gasteiger partial charge in [-0.05, 0) is 49.2 Å². The second kappa shape index (κ2) is 6.02. The standard InChI is InChI=1S/C18H19N3O/c1-13-6-7-15(11-14(13)2)18(22)19-9-8-16-12-21-10-4-3-5-17(21)20-16/h3-7,10-12H,8-9H2,1-2H3,(H,19,22). The average Bonchev–Trinajstić information content (AvgIpc) is 2.92. The fourth-order valence-electron chi connectivity index (χ4n) is 2.40. The van der Waals surface area contributed by atoms with Crippen LogP contribution in [0.15, 0.2) is 48.8 Å². The summed E-state index contributed by atoms with van der Waals surface area (Å²) in [6.45, 7) is 4.64. The SMILES string of the molecule is Cc1ccc(C(=O)NCCc2cn3ccccc3n2)cc1C. The maximum atomic E-state index is 12.1. The van der Waals surface area contributed by atoms with E-state index in [0.29, 0.717) is 12.1 Å². The van der Waals surface area contributed by atoms with Crippen LogP contribution in [0.3, 0.4) is 0 Å². The Morgan fingerprint density at radius 1 is 1.18 bits per heavy atom. The van der Waals surface area contributed by atoms with Crippen LogP contribution in [0, 0.1) is 13.8 Å². The van der Waals surface area contributed by atoms with Crippen LogP contribution in [-0.2, 0) is 6.42 Å². The summed E-state index contributed by atoms with van der Waals surface area (Å²) in [4.78, 5) is 16.7. The molecule has 0 atom stereocenters. The minimum absolute atomic E-state index is 0.0353. The summed E-state index contributed by atoms with van der Waals surface area (Å²) in [5, 5.41) is 2.95. The molecule has 0 aliphatic carbocycles. The zero-order valence-electron chi connectivity index (χ0n) is 12.8. The number of benzene rings is 1. The number of fused-ring (bicyclic) bond motifs is 1. The Kier molecular flexibility index (Phi) is 3.92. The highest BCUT2D eigenvalue weighted by molar-refractivity contribution is 5.94. The van der Waals surface area contributed by atoms with Gasteiger partial charge in [0.25, 0.3) is 5.91 Å². The fourth-order valence-corrected chi connectivity index (χ4v) is 2.40. The van der Waals surface area contributed by atoms with Crippen molar-refractivity contribution >= 4 is 11.6 Å². The van der Waals surface area contributed by atoms with Crippen molar-refractivity contribution in [2.75, 3.05) is 6.54 Å². The molecular weight excluding hydrogens is 274 g/mol. The molecule has 2 heterocycles. The molecule has 4 nitrogen and oxygen atoms in total. The number of imidazole rings is 1. The molecule has 1 amide bonds. The summed E-state index contributed by atoms with van der Waals surface area (Å²) in [5.41, 5.74) is 4.94. The van der Waals surface area contributed by atoms with Gasteiger partial charge in [-0.1, -0.05) is 12.1 Å². The van der Waals surface area contributed by atoms with Gasteiger partial charge >= 0.3 is 0 Å². The van der Waals surface area contributed by atoms with E-state index in [4.69, 9.17) is 0 Å². The van der Waals surface area contributed by atoms with Crippen LogP contribution >= 0.6 is 0 Å². The Balaban J connectivity index is 1.60. The van der Waals surface area contributed by atoms with E-state index in [1.54, 1.807) is 0 Å². The van der Waals surface area contributed by atoms with Crippen molar-refractivity contribution in [3.63, 3.8) is 0 Å². The molecule has 1 N–H and O–H groups in total. The van der Waals surface area contributed by atoms with Gasteiger partial charge in [-0.3, -0.25) is 4.79 Å². The Morgan fingerprint density at radius 3 is 2.82 bits per heavy atom. The van der Waals surface area contributed by atoms with Gasteiger partial charge in [0.05, 0.1) is 5.69 Å². The van der Waals surface area contributed by atoms with Gasteiger partial charge in [0.2, 0.25) is 0 Å². The van der Waals surface area contributed by atoms with Crippen molar-refractivity contribution in [1.29, 1.82) is 0 Å². The first-order valence-corrected chi connectivity index (χ1v) is 7.41. The molecule has 3 aromatic rings. The highest BCUT2D eigenvalue weighted by atomic mass is 16.1. The number of rotatable bonds is 4. The summed E-state index contributed by atoms with van der Waals surface area (Å²) in [6, 6.07) is 11.7.